The second-order valence-electron chi connectivity index (χ2n) is 3.52. The standard InChI is InChI=1S/C11H15ClN2O/c1-3-7(2)14-11(15)9-6-8(13)4-5-10(9)12/h4-7H,3,13H2,1-2H3,(H,14,15). The highest BCUT2D eigenvalue weighted by Gasteiger charge is 2.12. The number of hydrogen-bond donors (Lipinski definition) is 2. The maximum Gasteiger partial charge on any atom is 0.253 e. The Morgan fingerprint density at radius 1 is 1.60 bits per heavy atom. The van der Waals surface area contributed by atoms with Gasteiger partial charge in [0.15, 0.2) is 0 Å². The molecule has 0 bridgehead atoms. The van der Waals surface area contributed by atoms with Crippen LogP contribution in [-0.4, -0.2) is 11.9 Å². The zero-order chi connectivity index (χ0) is 11.4. The quantitative estimate of drug-likeness (QED) is 0.778. The highest BCUT2D eigenvalue weighted by Crippen LogP contribution is 2.18. The van der Waals surface area contributed by atoms with Crippen molar-refractivity contribution in [2.75, 3.05) is 5.73 Å². The van der Waals surface area contributed by atoms with Crippen LogP contribution in [0.2, 0.25) is 5.02 Å². The van der Waals surface area contributed by atoms with Gasteiger partial charge in [-0.25, -0.2) is 0 Å². The summed E-state index contributed by atoms with van der Waals surface area (Å²) in [6.07, 6.45) is 0.881. The predicted molar refractivity (Wildman–Crippen MR) is 63.1 cm³/mol. The van der Waals surface area contributed by atoms with Crippen LogP contribution in [0.5, 0.6) is 0 Å². The fourth-order valence-electron chi connectivity index (χ4n) is 1.12. The van der Waals surface area contributed by atoms with Crippen molar-refractivity contribution < 1.29 is 4.79 Å². The van der Waals surface area contributed by atoms with Crippen molar-refractivity contribution in [1.29, 1.82) is 0 Å². The molecule has 4 heteroatoms. The number of benzene rings is 1. The SMILES string of the molecule is CCC(C)NC(=O)c1cc(N)ccc1Cl. The van der Waals surface area contributed by atoms with E-state index in [0.29, 0.717) is 16.3 Å². The van der Waals surface area contributed by atoms with E-state index < -0.39 is 0 Å². The summed E-state index contributed by atoms with van der Waals surface area (Å²) in [5.41, 5.74) is 6.55. The molecule has 0 aliphatic carbocycles. The summed E-state index contributed by atoms with van der Waals surface area (Å²) >= 11 is 5.90. The van der Waals surface area contributed by atoms with Gasteiger partial charge in [-0.1, -0.05) is 18.5 Å². The van der Waals surface area contributed by atoms with E-state index in [2.05, 4.69) is 5.32 Å². The first-order valence-corrected chi connectivity index (χ1v) is 5.28. The summed E-state index contributed by atoms with van der Waals surface area (Å²) in [6.45, 7) is 3.95. The molecule has 3 nitrogen and oxygen atoms in total. The van der Waals surface area contributed by atoms with Gasteiger partial charge >= 0.3 is 0 Å². The third-order valence-electron chi connectivity index (χ3n) is 2.22. The molecule has 3 N–H and O–H groups in total. The Morgan fingerprint density at radius 3 is 2.87 bits per heavy atom. The molecule has 15 heavy (non-hydrogen) atoms. The molecule has 1 unspecified atom stereocenters. The zero-order valence-corrected chi connectivity index (χ0v) is 9.64. The maximum absolute atomic E-state index is 11.7. The molecule has 1 amide bonds. The fraction of sp³-hybridized carbons (Fsp3) is 0.364. The van der Waals surface area contributed by atoms with E-state index in [1.165, 1.54) is 0 Å². The molecule has 0 radical (unpaired) electrons. The van der Waals surface area contributed by atoms with E-state index in [0.717, 1.165) is 6.42 Å². The molecule has 82 valence electrons. The summed E-state index contributed by atoms with van der Waals surface area (Å²) in [5, 5.41) is 3.26. The Bertz CT molecular complexity index is 366. The van der Waals surface area contributed by atoms with Crippen LogP contribution in [0.25, 0.3) is 0 Å². The Hall–Kier alpha value is -1.22. The number of carbonyl (C=O) groups excluding carboxylic acids is 1. The van der Waals surface area contributed by atoms with Gasteiger partial charge in [0.25, 0.3) is 5.91 Å². The van der Waals surface area contributed by atoms with Gasteiger partial charge in [0.05, 0.1) is 10.6 Å². The van der Waals surface area contributed by atoms with Crippen molar-refractivity contribution >= 4 is 23.2 Å². The monoisotopic (exact) mass is 226 g/mol. The normalized spacial score (nSPS) is 12.2. The van der Waals surface area contributed by atoms with Crippen LogP contribution in [0.1, 0.15) is 30.6 Å². The molecule has 1 aromatic rings. The average molecular weight is 227 g/mol. The van der Waals surface area contributed by atoms with Crippen LogP contribution >= 0.6 is 11.6 Å². The molecule has 1 rings (SSSR count). The third-order valence-corrected chi connectivity index (χ3v) is 2.55. The van der Waals surface area contributed by atoms with Crippen molar-refractivity contribution in [1.82, 2.24) is 5.32 Å². The van der Waals surface area contributed by atoms with Crippen molar-refractivity contribution in [3.63, 3.8) is 0 Å². The Morgan fingerprint density at radius 2 is 2.27 bits per heavy atom. The highest BCUT2D eigenvalue weighted by molar-refractivity contribution is 6.34. The molecular formula is C11H15ClN2O. The summed E-state index contributed by atoms with van der Waals surface area (Å²) in [4.78, 5) is 11.7. The fourth-order valence-corrected chi connectivity index (χ4v) is 1.32. The van der Waals surface area contributed by atoms with Crippen LogP contribution in [0.4, 0.5) is 5.69 Å². The molecule has 0 spiro atoms. The lowest BCUT2D eigenvalue weighted by atomic mass is 10.1. The summed E-state index contributed by atoms with van der Waals surface area (Å²) in [6, 6.07) is 5.01. The van der Waals surface area contributed by atoms with Gasteiger partial charge < -0.3 is 11.1 Å². The van der Waals surface area contributed by atoms with Gasteiger partial charge in [-0.2, -0.15) is 0 Å². The van der Waals surface area contributed by atoms with Crippen LogP contribution < -0.4 is 11.1 Å². The lowest BCUT2D eigenvalue weighted by Crippen LogP contribution is -2.32. The first-order valence-electron chi connectivity index (χ1n) is 4.90. The van der Waals surface area contributed by atoms with E-state index in [-0.39, 0.29) is 11.9 Å². The van der Waals surface area contributed by atoms with Crippen molar-refractivity contribution in [2.24, 2.45) is 0 Å². The van der Waals surface area contributed by atoms with E-state index >= 15 is 0 Å². The smallest absolute Gasteiger partial charge is 0.253 e. The van der Waals surface area contributed by atoms with E-state index in [4.69, 9.17) is 17.3 Å². The van der Waals surface area contributed by atoms with Gasteiger partial charge in [-0.05, 0) is 31.5 Å². The molecule has 1 aromatic carbocycles. The molecule has 0 saturated heterocycles. The predicted octanol–water partition coefficient (Wildman–Crippen LogP) is 2.45. The Labute approximate surface area is 94.6 Å². The summed E-state index contributed by atoms with van der Waals surface area (Å²) < 4.78 is 0. The number of halogens is 1. The number of carbonyl (C=O) groups is 1. The second kappa shape index (κ2) is 5.03. The summed E-state index contributed by atoms with van der Waals surface area (Å²) in [5.74, 6) is -0.179. The lowest BCUT2D eigenvalue weighted by Gasteiger charge is -2.12. The molecule has 0 saturated carbocycles. The van der Waals surface area contributed by atoms with Crippen molar-refractivity contribution in [2.45, 2.75) is 26.3 Å². The molecular weight excluding hydrogens is 212 g/mol. The molecule has 1 atom stereocenters. The number of nitrogen functional groups attached to an aromatic ring is 1. The van der Waals surface area contributed by atoms with Crippen LogP contribution in [0, 0.1) is 0 Å². The lowest BCUT2D eigenvalue weighted by molar-refractivity contribution is 0.0939. The number of nitrogens with two attached hydrogens (primary N) is 1. The number of rotatable bonds is 3. The zero-order valence-electron chi connectivity index (χ0n) is 8.88. The van der Waals surface area contributed by atoms with Gasteiger partial charge in [0.2, 0.25) is 0 Å². The summed E-state index contributed by atoms with van der Waals surface area (Å²) in [7, 11) is 0. The van der Waals surface area contributed by atoms with Crippen molar-refractivity contribution in [3.05, 3.63) is 28.8 Å². The molecule has 0 heterocycles. The number of amides is 1. The highest BCUT2D eigenvalue weighted by atomic mass is 35.5. The Kier molecular flexibility index (Phi) is 3.97. The van der Waals surface area contributed by atoms with Gasteiger partial charge in [0.1, 0.15) is 0 Å². The third kappa shape index (κ3) is 3.13. The molecule has 0 aliphatic rings. The minimum atomic E-state index is -0.179. The minimum absolute atomic E-state index is 0.134. The van der Waals surface area contributed by atoms with Gasteiger partial charge in [-0.15, -0.1) is 0 Å². The largest absolute Gasteiger partial charge is 0.399 e. The first kappa shape index (κ1) is 11.9. The maximum atomic E-state index is 11.7. The minimum Gasteiger partial charge on any atom is -0.399 e. The number of hydrogen-bond acceptors (Lipinski definition) is 2. The van der Waals surface area contributed by atoms with E-state index in [1.807, 2.05) is 13.8 Å². The molecule has 0 aromatic heterocycles. The van der Waals surface area contributed by atoms with Crippen LogP contribution in [0.3, 0.4) is 0 Å². The first-order chi connectivity index (χ1) is 7.04. The topological polar surface area (TPSA) is 55.1 Å². The molecule has 0 fully saturated rings. The molecule has 0 aliphatic heterocycles. The van der Waals surface area contributed by atoms with Crippen LogP contribution in [0.15, 0.2) is 18.2 Å². The average Bonchev–Trinajstić information content (AvgIpc) is 2.21. The van der Waals surface area contributed by atoms with E-state index in [9.17, 15) is 4.79 Å². The number of anilines is 1. The van der Waals surface area contributed by atoms with Gasteiger partial charge in [-0.3, -0.25) is 4.79 Å². The number of nitrogens with one attached hydrogen (secondary N) is 1. The second-order valence-corrected chi connectivity index (χ2v) is 3.93. The van der Waals surface area contributed by atoms with E-state index in [1.54, 1.807) is 18.2 Å². The Balaban J connectivity index is 2.86. The van der Waals surface area contributed by atoms with Crippen LogP contribution in [-0.2, 0) is 0 Å². The van der Waals surface area contributed by atoms with Crippen molar-refractivity contribution in [3.8, 4) is 0 Å². The van der Waals surface area contributed by atoms with Gasteiger partial charge in [0, 0.05) is 11.7 Å².